The van der Waals surface area contributed by atoms with Crippen LogP contribution in [0.2, 0.25) is 0 Å². The number of carbonyl (C=O) groups is 1. The maximum atomic E-state index is 12.3. The highest BCUT2D eigenvalue weighted by Gasteiger charge is 2.33. The van der Waals surface area contributed by atoms with Crippen molar-refractivity contribution in [2.75, 3.05) is 13.6 Å². The molecule has 1 aliphatic heterocycles. The third-order valence-corrected chi connectivity index (χ3v) is 4.05. The molecule has 1 aliphatic rings. The molecule has 0 bridgehead atoms. The molecule has 0 N–H and O–H groups in total. The number of imidazole rings is 1. The van der Waals surface area contributed by atoms with E-state index in [-0.39, 0.29) is 11.9 Å². The predicted octanol–water partition coefficient (Wildman–Crippen LogP) is 2.49. The van der Waals surface area contributed by atoms with Crippen LogP contribution in [-0.4, -0.2) is 34.0 Å². The number of hydrogen-bond acceptors (Lipinski definition) is 2. The van der Waals surface area contributed by atoms with E-state index < -0.39 is 0 Å². The Morgan fingerprint density at radius 1 is 1.47 bits per heavy atom. The van der Waals surface area contributed by atoms with Gasteiger partial charge in [-0.15, -0.1) is 11.6 Å². The summed E-state index contributed by atoms with van der Waals surface area (Å²) < 4.78 is 2.03. The van der Waals surface area contributed by atoms with Gasteiger partial charge in [0.15, 0.2) is 0 Å². The number of aryl methyl sites for hydroxylation is 1. The molecule has 5 heteroatoms. The van der Waals surface area contributed by atoms with Gasteiger partial charge in [-0.1, -0.05) is 12.1 Å². The van der Waals surface area contributed by atoms with Gasteiger partial charge in [-0.25, -0.2) is 4.98 Å². The summed E-state index contributed by atoms with van der Waals surface area (Å²) >= 11 is 6.01. The maximum Gasteiger partial charge on any atom is 0.245 e. The van der Waals surface area contributed by atoms with E-state index in [1.165, 1.54) is 0 Å². The van der Waals surface area contributed by atoms with Gasteiger partial charge < -0.3 is 9.47 Å². The second-order valence-electron chi connectivity index (χ2n) is 5.04. The first-order valence-electron chi connectivity index (χ1n) is 6.41. The van der Waals surface area contributed by atoms with E-state index in [9.17, 15) is 4.79 Å². The predicted molar refractivity (Wildman–Crippen MR) is 75.3 cm³/mol. The molecule has 1 aromatic heterocycles. The Morgan fingerprint density at radius 2 is 2.26 bits per heavy atom. The van der Waals surface area contributed by atoms with Crippen molar-refractivity contribution < 1.29 is 4.79 Å². The molecular weight excluding hydrogens is 262 g/mol. The number of fused-ring (bicyclic) bond motifs is 1. The first kappa shape index (κ1) is 12.5. The molecule has 1 fully saturated rings. The number of nitrogens with zero attached hydrogens (tertiary/aromatic N) is 3. The van der Waals surface area contributed by atoms with Crippen molar-refractivity contribution in [3.63, 3.8) is 0 Å². The van der Waals surface area contributed by atoms with Crippen LogP contribution in [0, 0.1) is 6.92 Å². The molecule has 1 amide bonds. The molecule has 1 unspecified atom stereocenters. The van der Waals surface area contributed by atoms with Gasteiger partial charge in [0.1, 0.15) is 11.9 Å². The smallest absolute Gasteiger partial charge is 0.245 e. The summed E-state index contributed by atoms with van der Waals surface area (Å²) in [7, 11) is 1.84. The third kappa shape index (κ3) is 1.82. The fourth-order valence-electron chi connectivity index (χ4n) is 2.84. The lowest BCUT2D eigenvalue weighted by atomic mass is 10.1. The summed E-state index contributed by atoms with van der Waals surface area (Å²) in [5.41, 5.74) is 3.08. The lowest BCUT2D eigenvalue weighted by Crippen LogP contribution is -2.25. The van der Waals surface area contributed by atoms with Gasteiger partial charge in [0.05, 0.1) is 16.9 Å². The average molecular weight is 278 g/mol. The molecule has 1 atom stereocenters. The molecular formula is C14H16ClN3O. The molecule has 1 aromatic carbocycles. The molecule has 4 nitrogen and oxygen atoms in total. The van der Waals surface area contributed by atoms with Crippen molar-refractivity contribution in [1.82, 2.24) is 14.5 Å². The Morgan fingerprint density at radius 3 is 2.89 bits per heavy atom. The number of likely N-dealkylation sites (N-methyl/N-ethyl adjacent to an activating group) is 1. The molecule has 0 spiro atoms. The van der Waals surface area contributed by atoms with Crippen LogP contribution >= 0.6 is 11.6 Å². The van der Waals surface area contributed by atoms with E-state index >= 15 is 0 Å². The minimum Gasteiger partial charge on any atom is -0.344 e. The Kier molecular flexibility index (Phi) is 2.97. The summed E-state index contributed by atoms with van der Waals surface area (Å²) in [5.74, 6) is 1.25. The molecule has 0 radical (unpaired) electrons. The second kappa shape index (κ2) is 4.53. The van der Waals surface area contributed by atoms with Gasteiger partial charge >= 0.3 is 0 Å². The highest BCUT2D eigenvalue weighted by atomic mass is 35.5. The normalized spacial score (nSPS) is 19.6. The fraction of sp³-hybridized carbons (Fsp3) is 0.429. The number of aromatic nitrogens is 2. The minimum atomic E-state index is -0.162. The topological polar surface area (TPSA) is 38.1 Å². The summed E-state index contributed by atoms with van der Waals surface area (Å²) in [6, 6.07) is 5.83. The largest absolute Gasteiger partial charge is 0.344 e. The molecule has 0 saturated carbocycles. The third-order valence-electron chi connectivity index (χ3n) is 3.82. The maximum absolute atomic E-state index is 12.3. The number of carbonyl (C=O) groups excluding carboxylic acids is 1. The zero-order valence-corrected chi connectivity index (χ0v) is 11.8. The molecule has 2 heterocycles. The summed E-state index contributed by atoms with van der Waals surface area (Å²) in [6.45, 7) is 2.83. The fourth-order valence-corrected chi connectivity index (χ4v) is 3.03. The van der Waals surface area contributed by atoms with E-state index in [1.54, 1.807) is 4.90 Å². The summed E-state index contributed by atoms with van der Waals surface area (Å²) in [6.07, 6.45) is 0.818. The standard InChI is InChI=1S/C14H16ClN3O/c1-9-4-3-5-10-13(9)18(12(8-15)16-10)11-6-7-17(2)14(11)19/h3-5,11H,6-8H2,1-2H3. The van der Waals surface area contributed by atoms with Crippen LogP contribution in [0.5, 0.6) is 0 Å². The number of likely N-dealkylation sites (tertiary alicyclic amines) is 1. The quantitative estimate of drug-likeness (QED) is 0.791. The Bertz CT molecular complexity index is 649. The van der Waals surface area contributed by atoms with Gasteiger partial charge in [-0.2, -0.15) is 0 Å². The van der Waals surface area contributed by atoms with Crippen LogP contribution in [0.3, 0.4) is 0 Å². The Balaban J connectivity index is 2.24. The number of halogens is 1. The lowest BCUT2D eigenvalue weighted by molar-refractivity contribution is -0.129. The number of benzene rings is 1. The van der Waals surface area contributed by atoms with Gasteiger partial charge in [0.25, 0.3) is 0 Å². The van der Waals surface area contributed by atoms with Gasteiger partial charge in [0.2, 0.25) is 5.91 Å². The molecule has 0 aliphatic carbocycles. The van der Waals surface area contributed by atoms with E-state index in [1.807, 2.05) is 36.7 Å². The van der Waals surface area contributed by atoms with Crippen molar-refractivity contribution in [2.45, 2.75) is 25.3 Å². The van der Waals surface area contributed by atoms with E-state index in [2.05, 4.69) is 4.98 Å². The number of hydrogen-bond donors (Lipinski definition) is 0. The summed E-state index contributed by atoms with van der Waals surface area (Å²) in [4.78, 5) is 18.6. The van der Waals surface area contributed by atoms with Crippen LogP contribution in [0.15, 0.2) is 18.2 Å². The van der Waals surface area contributed by atoms with Gasteiger partial charge in [-0.3, -0.25) is 4.79 Å². The molecule has 19 heavy (non-hydrogen) atoms. The molecule has 100 valence electrons. The first-order valence-corrected chi connectivity index (χ1v) is 6.94. The Labute approximate surface area is 117 Å². The van der Waals surface area contributed by atoms with Crippen LogP contribution < -0.4 is 0 Å². The second-order valence-corrected chi connectivity index (χ2v) is 5.31. The van der Waals surface area contributed by atoms with Crippen molar-refractivity contribution >= 4 is 28.5 Å². The number of para-hydroxylation sites is 1. The molecule has 3 rings (SSSR count). The SMILES string of the molecule is Cc1cccc2nc(CCl)n(C3CCN(C)C3=O)c12. The Hall–Kier alpha value is -1.55. The number of alkyl halides is 1. The van der Waals surface area contributed by atoms with Crippen LogP contribution in [0.4, 0.5) is 0 Å². The van der Waals surface area contributed by atoms with Crippen LogP contribution in [0.25, 0.3) is 11.0 Å². The first-order chi connectivity index (χ1) is 9.13. The van der Waals surface area contributed by atoms with Crippen molar-refractivity contribution in [3.05, 3.63) is 29.6 Å². The van der Waals surface area contributed by atoms with E-state index in [4.69, 9.17) is 11.6 Å². The monoisotopic (exact) mass is 277 g/mol. The lowest BCUT2D eigenvalue weighted by Gasteiger charge is -2.16. The average Bonchev–Trinajstić information content (AvgIpc) is 2.92. The van der Waals surface area contributed by atoms with Gasteiger partial charge in [0, 0.05) is 13.6 Å². The number of rotatable bonds is 2. The van der Waals surface area contributed by atoms with Crippen molar-refractivity contribution in [3.8, 4) is 0 Å². The van der Waals surface area contributed by atoms with E-state index in [0.717, 1.165) is 35.4 Å². The van der Waals surface area contributed by atoms with Crippen molar-refractivity contribution in [2.24, 2.45) is 0 Å². The highest BCUT2D eigenvalue weighted by molar-refractivity contribution is 6.17. The molecule has 1 saturated heterocycles. The summed E-state index contributed by atoms with van der Waals surface area (Å²) in [5, 5.41) is 0. The highest BCUT2D eigenvalue weighted by Crippen LogP contribution is 2.30. The minimum absolute atomic E-state index is 0.147. The van der Waals surface area contributed by atoms with Crippen LogP contribution in [0.1, 0.15) is 23.9 Å². The van der Waals surface area contributed by atoms with Gasteiger partial charge in [-0.05, 0) is 25.0 Å². The van der Waals surface area contributed by atoms with E-state index in [0.29, 0.717) is 5.88 Å². The zero-order valence-electron chi connectivity index (χ0n) is 11.1. The molecule has 2 aromatic rings. The zero-order chi connectivity index (χ0) is 13.6. The number of amides is 1. The van der Waals surface area contributed by atoms with Crippen LogP contribution in [-0.2, 0) is 10.7 Å². The van der Waals surface area contributed by atoms with Crippen molar-refractivity contribution in [1.29, 1.82) is 0 Å².